The molecule has 1 spiro atoms. The van der Waals surface area contributed by atoms with Gasteiger partial charge in [0.2, 0.25) is 0 Å². The van der Waals surface area contributed by atoms with Gasteiger partial charge in [0.1, 0.15) is 5.82 Å². The lowest BCUT2D eigenvalue weighted by Crippen LogP contribution is -2.44. The summed E-state index contributed by atoms with van der Waals surface area (Å²) in [5.41, 5.74) is 1.03. The lowest BCUT2D eigenvalue weighted by molar-refractivity contribution is -0.103. The molecule has 0 radical (unpaired) electrons. The van der Waals surface area contributed by atoms with Gasteiger partial charge < -0.3 is 14.8 Å². The first-order valence-corrected chi connectivity index (χ1v) is 7.96. The van der Waals surface area contributed by atoms with Crippen LogP contribution in [0.3, 0.4) is 0 Å². The molecule has 1 aromatic heterocycles. The Labute approximate surface area is 126 Å². The van der Waals surface area contributed by atoms with Gasteiger partial charge >= 0.3 is 0 Å². The second-order valence-electron chi connectivity index (χ2n) is 6.24. The van der Waals surface area contributed by atoms with Gasteiger partial charge in [-0.05, 0) is 37.8 Å². The van der Waals surface area contributed by atoms with Crippen LogP contribution >= 0.6 is 0 Å². The summed E-state index contributed by atoms with van der Waals surface area (Å²) in [5, 5.41) is 3.57. The molecular formula is C16H25N3O2. The molecule has 2 saturated heterocycles. The van der Waals surface area contributed by atoms with Gasteiger partial charge in [-0.25, -0.2) is 9.97 Å². The molecule has 0 aromatic carbocycles. The Bertz CT molecular complexity index is 457. The Morgan fingerprint density at radius 3 is 2.86 bits per heavy atom. The van der Waals surface area contributed by atoms with Gasteiger partial charge in [-0.3, -0.25) is 0 Å². The molecule has 0 saturated carbocycles. The maximum absolute atomic E-state index is 6.05. The fourth-order valence-electron chi connectivity index (χ4n) is 3.47. The molecule has 5 nitrogen and oxygen atoms in total. The standard InChI is InChI=1S/C16H25N3O2/c1-3-17-14(15-18-9-12(2)10-19-15)13-4-6-21-16(8-13)5-7-20-11-16/h9-10,13-14,17H,3-8,11H2,1-2H3. The fraction of sp³-hybridized carbons (Fsp3) is 0.750. The third-order valence-corrected chi connectivity index (χ3v) is 4.57. The van der Waals surface area contributed by atoms with Crippen molar-refractivity contribution in [2.75, 3.05) is 26.4 Å². The van der Waals surface area contributed by atoms with Crippen LogP contribution in [0.25, 0.3) is 0 Å². The van der Waals surface area contributed by atoms with Gasteiger partial charge in [0, 0.05) is 32.0 Å². The second kappa shape index (κ2) is 6.38. The van der Waals surface area contributed by atoms with E-state index in [4.69, 9.17) is 9.47 Å². The van der Waals surface area contributed by atoms with Gasteiger partial charge in [0.25, 0.3) is 0 Å². The van der Waals surface area contributed by atoms with Crippen LogP contribution in [0.2, 0.25) is 0 Å². The van der Waals surface area contributed by atoms with Crippen LogP contribution in [0.15, 0.2) is 12.4 Å². The third kappa shape index (κ3) is 3.25. The summed E-state index contributed by atoms with van der Waals surface area (Å²) in [7, 11) is 0. The average molecular weight is 291 g/mol. The molecule has 1 N–H and O–H groups in total. The number of aryl methyl sites for hydroxylation is 1. The van der Waals surface area contributed by atoms with Gasteiger partial charge in [-0.1, -0.05) is 6.92 Å². The number of nitrogens with zero attached hydrogens (tertiary/aromatic N) is 2. The van der Waals surface area contributed by atoms with Gasteiger partial charge in [0.05, 0.1) is 18.2 Å². The summed E-state index contributed by atoms with van der Waals surface area (Å²) < 4.78 is 11.6. The van der Waals surface area contributed by atoms with E-state index in [1.165, 1.54) is 0 Å². The van der Waals surface area contributed by atoms with E-state index in [-0.39, 0.29) is 11.6 Å². The van der Waals surface area contributed by atoms with Crippen LogP contribution < -0.4 is 5.32 Å². The number of nitrogens with one attached hydrogen (secondary N) is 1. The smallest absolute Gasteiger partial charge is 0.145 e. The molecule has 0 aliphatic carbocycles. The molecule has 1 aromatic rings. The van der Waals surface area contributed by atoms with E-state index in [2.05, 4.69) is 22.2 Å². The molecule has 3 unspecified atom stereocenters. The number of hydrogen-bond acceptors (Lipinski definition) is 5. The Morgan fingerprint density at radius 1 is 1.38 bits per heavy atom. The predicted octanol–water partition coefficient (Wildman–Crippen LogP) is 2.02. The molecule has 0 bridgehead atoms. The monoisotopic (exact) mass is 291 g/mol. The molecule has 3 heterocycles. The number of ether oxygens (including phenoxy) is 2. The van der Waals surface area contributed by atoms with E-state index >= 15 is 0 Å². The van der Waals surface area contributed by atoms with Crippen molar-refractivity contribution in [1.29, 1.82) is 0 Å². The van der Waals surface area contributed by atoms with E-state index in [1.807, 2.05) is 19.3 Å². The van der Waals surface area contributed by atoms with Crippen molar-refractivity contribution in [3.05, 3.63) is 23.8 Å². The molecule has 21 heavy (non-hydrogen) atoms. The quantitative estimate of drug-likeness (QED) is 0.920. The minimum absolute atomic E-state index is 0.0682. The highest BCUT2D eigenvalue weighted by atomic mass is 16.6. The molecule has 3 rings (SSSR count). The second-order valence-corrected chi connectivity index (χ2v) is 6.24. The molecule has 2 aliphatic rings. The van der Waals surface area contributed by atoms with Gasteiger partial charge in [-0.2, -0.15) is 0 Å². The van der Waals surface area contributed by atoms with Crippen LogP contribution in [0.4, 0.5) is 0 Å². The highest BCUT2D eigenvalue weighted by Gasteiger charge is 2.43. The topological polar surface area (TPSA) is 56.3 Å². The highest BCUT2D eigenvalue weighted by molar-refractivity contribution is 5.07. The zero-order chi connectivity index (χ0) is 14.7. The first kappa shape index (κ1) is 14.9. The SMILES string of the molecule is CCNC(c1ncc(C)cn1)C1CCOC2(CCOC2)C1. The molecule has 116 valence electrons. The lowest BCUT2D eigenvalue weighted by atomic mass is 9.80. The van der Waals surface area contributed by atoms with E-state index in [9.17, 15) is 0 Å². The van der Waals surface area contributed by atoms with E-state index < -0.39 is 0 Å². The van der Waals surface area contributed by atoms with Crippen molar-refractivity contribution in [3.8, 4) is 0 Å². The molecule has 3 atom stereocenters. The van der Waals surface area contributed by atoms with Crippen molar-refractivity contribution >= 4 is 0 Å². The van der Waals surface area contributed by atoms with Crippen molar-refractivity contribution in [2.24, 2.45) is 5.92 Å². The molecule has 2 fully saturated rings. The van der Waals surface area contributed by atoms with Gasteiger partial charge in [-0.15, -0.1) is 0 Å². The van der Waals surface area contributed by atoms with Crippen molar-refractivity contribution < 1.29 is 9.47 Å². The summed E-state index contributed by atoms with van der Waals surface area (Å²) in [6, 6.07) is 0.206. The largest absolute Gasteiger partial charge is 0.378 e. The Kier molecular flexibility index (Phi) is 4.52. The molecule has 2 aliphatic heterocycles. The minimum Gasteiger partial charge on any atom is -0.378 e. The van der Waals surface area contributed by atoms with Crippen LogP contribution in [0, 0.1) is 12.8 Å². The van der Waals surface area contributed by atoms with E-state index in [0.717, 1.165) is 57.0 Å². The Balaban J connectivity index is 1.78. The van der Waals surface area contributed by atoms with Crippen LogP contribution in [0.5, 0.6) is 0 Å². The summed E-state index contributed by atoms with van der Waals surface area (Å²) in [6.07, 6.45) is 6.90. The number of hydrogen-bond donors (Lipinski definition) is 1. The highest BCUT2D eigenvalue weighted by Crippen LogP contribution is 2.40. The molecular weight excluding hydrogens is 266 g/mol. The fourth-order valence-corrected chi connectivity index (χ4v) is 3.47. The Hall–Kier alpha value is -1.04. The third-order valence-electron chi connectivity index (χ3n) is 4.57. The van der Waals surface area contributed by atoms with E-state index in [0.29, 0.717) is 5.92 Å². The first-order chi connectivity index (χ1) is 10.2. The zero-order valence-electron chi connectivity index (χ0n) is 13.0. The maximum Gasteiger partial charge on any atom is 0.145 e. The lowest BCUT2D eigenvalue weighted by Gasteiger charge is -2.40. The number of aromatic nitrogens is 2. The summed E-state index contributed by atoms with van der Waals surface area (Å²) in [4.78, 5) is 9.08. The summed E-state index contributed by atoms with van der Waals surface area (Å²) in [5.74, 6) is 1.41. The summed E-state index contributed by atoms with van der Waals surface area (Å²) >= 11 is 0. The van der Waals surface area contributed by atoms with Crippen LogP contribution in [0.1, 0.15) is 43.6 Å². The number of rotatable bonds is 4. The minimum atomic E-state index is -0.0682. The maximum atomic E-state index is 6.05. The molecule has 0 amide bonds. The van der Waals surface area contributed by atoms with Crippen LogP contribution in [-0.2, 0) is 9.47 Å². The van der Waals surface area contributed by atoms with Crippen LogP contribution in [-0.4, -0.2) is 41.9 Å². The van der Waals surface area contributed by atoms with Gasteiger partial charge in [0.15, 0.2) is 0 Å². The van der Waals surface area contributed by atoms with Crippen molar-refractivity contribution in [3.63, 3.8) is 0 Å². The first-order valence-electron chi connectivity index (χ1n) is 7.96. The van der Waals surface area contributed by atoms with Crippen molar-refractivity contribution in [2.45, 2.75) is 44.8 Å². The average Bonchev–Trinajstić information content (AvgIpc) is 2.94. The van der Waals surface area contributed by atoms with E-state index in [1.54, 1.807) is 0 Å². The normalized spacial score (nSPS) is 30.7. The zero-order valence-corrected chi connectivity index (χ0v) is 13.0. The molecule has 5 heteroatoms. The Morgan fingerprint density at radius 2 is 2.19 bits per heavy atom. The predicted molar refractivity (Wildman–Crippen MR) is 80.0 cm³/mol. The summed E-state index contributed by atoms with van der Waals surface area (Å²) in [6.45, 7) is 7.43. The van der Waals surface area contributed by atoms with Crippen molar-refractivity contribution in [1.82, 2.24) is 15.3 Å².